The summed E-state index contributed by atoms with van der Waals surface area (Å²) in [6.07, 6.45) is 2.76. The molecule has 0 aliphatic carbocycles. The van der Waals surface area contributed by atoms with Crippen LogP contribution in [-0.2, 0) is 4.79 Å². The molecule has 2 aliphatic heterocycles. The first-order valence-corrected chi connectivity index (χ1v) is 9.96. The van der Waals surface area contributed by atoms with Crippen molar-refractivity contribution in [2.24, 2.45) is 0 Å². The van der Waals surface area contributed by atoms with Crippen LogP contribution in [-0.4, -0.2) is 27.8 Å². The van der Waals surface area contributed by atoms with Crippen molar-refractivity contribution in [3.8, 4) is 0 Å². The number of aryl methyl sites for hydroxylation is 1. The number of hydrogen-bond donors (Lipinski definition) is 2. The molecule has 0 spiro atoms. The van der Waals surface area contributed by atoms with Gasteiger partial charge >= 0.3 is 0 Å². The van der Waals surface area contributed by atoms with Gasteiger partial charge < -0.3 is 10.6 Å². The number of halogens is 1. The largest absolute Gasteiger partial charge is 0.337 e. The van der Waals surface area contributed by atoms with E-state index in [2.05, 4.69) is 27.2 Å². The maximum Gasteiger partial charge on any atom is 0.261 e. The summed E-state index contributed by atoms with van der Waals surface area (Å²) in [6.45, 7) is 5.63. The van der Waals surface area contributed by atoms with Gasteiger partial charge in [-0.3, -0.25) is 14.5 Å². The number of aromatic nitrogens is 2. The Hall–Kier alpha value is -3.45. The third kappa shape index (κ3) is 2.81. The van der Waals surface area contributed by atoms with Crippen LogP contribution in [0.15, 0.2) is 48.8 Å². The van der Waals surface area contributed by atoms with E-state index in [0.717, 1.165) is 16.5 Å². The van der Waals surface area contributed by atoms with Crippen LogP contribution in [0.3, 0.4) is 0 Å². The molecule has 1 unspecified atom stereocenters. The van der Waals surface area contributed by atoms with Gasteiger partial charge in [0.05, 0.1) is 28.8 Å². The minimum Gasteiger partial charge on any atom is -0.337 e. The lowest BCUT2D eigenvalue weighted by molar-refractivity contribution is -0.122. The number of carbonyl (C=O) groups is 2. The molecule has 2 N–H and O–H groups in total. The number of nitrogens with one attached hydrogen (secondary N) is 2. The van der Waals surface area contributed by atoms with Crippen LogP contribution >= 0.6 is 11.6 Å². The van der Waals surface area contributed by atoms with Gasteiger partial charge in [0.1, 0.15) is 6.04 Å². The third-order valence-electron chi connectivity index (χ3n) is 5.45. The third-order valence-corrected chi connectivity index (χ3v) is 5.72. The molecule has 1 aromatic heterocycles. The van der Waals surface area contributed by atoms with Crippen molar-refractivity contribution in [1.82, 2.24) is 15.3 Å². The molecule has 0 saturated carbocycles. The summed E-state index contributed by atoms with van der Waals surface area (Å²) in [6, 6.07) is 8.88. The molecule has 2 amide bonds. The maximum absolute atomic E-state index is 13.6. The second-order valence-corrected chi connectivity index (χ2v) is 7.82. The molecule has 3 aromatic rings. The summed E-state index contributed by atoms with van der Waals surface area (Å²) in [5.74, 6) is -0.0761. The molecule has 150 valence electrons. The number of hydrogen-bond acceptors (Lipinski definition) is 5. The van der Waals surface area contributed by atoms with E-state index in [1.54, 1.807) is 18.0 Å². The maximum atomic E-state index is 13.6. The molecule has 1 saturated heterocycles. The average molecular weight is 420 g/mol. The Labute approximate surface area is 177 Å². The number of rotatable bonds is 3. The van der Waals surface area contributed by atoms with Gasteiger partial charge in [0.15, 0.2) is 11.0 Å². The summed E-state index contributed by atoms with van der Waals surface area (Å²) in [7, 11) is 0. The van der Waals surface area contributed by atoms with Crippen LogP contribution < -0.4 is 15.5 Å². The lowest BCUT2D eigenvalue weighted by atomic mass is 10.0. The minimum atomic E-state index is -0.586. The van der Waals surface area contributed by atoms with Crippen LogP contribution in [0.25, 0.3) is 10.8 Å². The first-order chi connectivity index (χ1) is 14.4. The van der Waals surface area contributed by atoms with Crippen LogP contribution in [0.4, 0.5) is 17.2 Å². The van der Waals surface area contributed by atoms with E-state index in [-0.39, 0.29) is 17.0 Å². The van der Waals surface area contributed by atoms with Crippen molar-refractivity contribution >= 4 is 51.4 Å². The van der Waals surface area contributed by atoms with E-state index in [0.29, 0.717) is 41.3 Å². The molecular weight excluding hydrogens is 402 g/mol. The number of anilines is 3. The van der Waals surface area contributed by atoms with Crippen molar-refractivity contribution in [2.75, 3.05) is 10.2 Å². The Morgan fingerprint density at radius 2 is 2.10 bits per heavy atom. The van der Waals surface area contributed by atoms with Crippen molar-refractivity contribution in [3.63, 3.8) is 0 Å². The van der Waals surface area contributed by atoms with Gasteiger partial charge in [-0.25, -0.2) is 9.97 Å². The van der Waals surface area contributed by atoms with Gasteiger partial charge in [0.2, 0.25) is 5.91 Å². The fraction of sp³-hybridized carbons (Fsp3) is 0.182. The SMILES string of the molecule is C=C1CCC(N2C(=O)c3c(Nc4ncc(C)nc4Cl)ccc4cccc2c34)C(=O)N1. The summed E-state index contributed by atoms with van der Waals surface area (Å²) >= 11 is 6.23. The molecule has 1 atom stereocenters. The van der Waals surface area contributed by atoms with Crippen LogP contribution in [0, 0.1) is 6.92 Å². The Balaban J connectivity index is 1.62. The van der Waals surface area contributed by atoms with E-state index in [1.165, 1.54) is 0 Å². The average Bonchev–Trinajstić information content (AvgIpc) is 3.00. The second kappa shape index (κ2) is 6.81. The molecule has 0 bridgehead atoms. The monoisotopic (exact) mass is 419 g/mol. The van der Waals surface area contributed by atoms with E-state index >= 15 is 0 Å². The quantitative estimate of drug-likeness (QED) is 0.667. The molecule has 0 radical (unpaired) electrons. The summed E-state index contributed by atoms with van der Waals surface area (Å²) < 4.78 is 0. The van der Waals surface area contributed by atoms with Gasteiger partial charge in [-0.1, -0.05) is 36.4 Å². The highest BCUT2D eigenvalue weighted by Gasteiger charge is 2.41. The topological polar surface area (TPSA) is 87.2 Å². The Bertz CT molecular complexity index is 1260. The molecular formula is C22H18ClN5O2. The van der Waals surface area contributed by atoms with E-state index in [1.807, 2.05) is 30.3 Å². The van der Waals surface area contributed by atoms with Crippen LogP contribution in [0.2, 0.25) is 5.15 Å². The van der Waals surface area contributed by atoms with Crippen molar-refractivity contribution < 1.29 is 9.59 Å². The van der Waals surface area contributed by atoms with Gasteiger partial charge in [0.25, 0.3) is 5.91 Å². The number of amides is 2. The highest BCUT2D eigenvalue weighted by atomic mass is 35.5. The highest BCUT2D eigenvalue weighted by Crippen LogP contribution is 2.43. The molecule has 2 aliphatic rings. The number of piperidine rings is 1. The minimum absolute atomic E-state index is 0.216. The van der Waals surface area contributed by atoms with E-state index < -0.39 is 6.04 Å². The zero-order chi connectivity index (χ0) is 21.0. The van der Waals surface area contributed by atoms with Gasteiger partial charge in [0, 0.05) is 11.1 Å². The van der Waals surface area contributed by atoms with Crippen LogP contribution in [0.5, 0.6) is 0 Å². The van der Waals surface area contributed by atoms with Crippen molar-refractivity contribution in [3.05, 3.63) is 65.2 Å². The fourth-order valence-electron chi connectivity index (χ4n) is 4.09. The number of allylic oxidation sites excluding steroid dienone is 1. The predicted molar refractivity (Wildman–Crippen MR) is 116 cm³/mol. The van der Waals surface area contributed by atoms with E-state index in [4.69, 9.17) is 11.6 Å². The summed E-state index contributed by atoms with van der Waals surface area (Å²) in [4.78, 5) is 36.3. The fourth-order valence-corrected chi connectivity index (χ4v) is 4.32. The Morgan fingerprint density at radius 1 is 1.27 bits per heavy atom. The van der Waals surface area contributed by atoms with Gasteiger partial charge in [-0.15, -0.1) is 0 Å². The smallest absolute Gasteiger partial charge is 0.261 e. The first kappa shape index (κ1) is 18.6. The molecule has 5 rings (SSSR count). The summed E-state index contributed by atoms with van der Waals surface area (Å²) in [5.41, 5.74) is 3.17. The van der Waals surface area contributed by atoms with Gasteiger partial charge in [-0.2, -0.15) is 0 Å². The number of nitrogens with zero attached hydrogens (tertiary/aromatic N) is 3. The molecule has 2 aromatic carbocycles. The second-order valence-electron chi connectivity index (χ2n) is 7.46. The predicted octanol–water partition coefficient (Wildman–Crippen LogP) is 4.09. The zero-order valence-electron chi connectivity index (χ0n) is 16.2. The Kier molecular flexibility index (Phi) is 4.22. The lowest BCUT2D eigenvalue weighted by Crippen LogP contribution is -2.51. The molecule has 1 fully saturated rings. The van der Waals surface area contributed by atoms with E-state index in [9.17, 15) is 9.59 Å². The standard InChI is InChI=1S/C22H18ClN5O2/c1-11-6-9-16(21(29)26-11)28-15-5-3-4-13-7-8-14(18(17(13)15)22(28)30)27-20-19(23)25-12(2)10-24-20/h3-5,7-8,10,16H,1,6,9H2,2H3,(H,24,27)(H,26,29). The van der Waals surface area contributed by atoms with Crippen molar-refractivity contribution in [2.45, 2.75) is 25.8 Å². The molecule has 8 heteroatoms. The first-order valence-electron chi connectivity index (χ1n) is 9.58. The molecule has 30 heavy (non-hydrogen) atoms. The Morgan fingerprint density at radius 3 is 2.87 bits per heavy atom. The molecule has 7 nitrogen and oxygen atoms in total. The van der Waals surface area contributed by atoms with Crippen LogP contribution in [0.1, 0.15) is 28.9 Å². The zero-order valence-corrected chi connectivity index (χ0v) is 17.0. The highest BCUT2D eigenvalue weighted by molar-refractivity contribution is 6.32. The van der Waals surface area contributed by atoms with Crippen molar-refractivity contribution in [1.29, 1.82) is 0 Å². The summed E-state index contributed by atoms with van der Waals surface area (Å²) in [5, 5.41) is 7.88. The number of carbonyl (C=O) groups excluding carboxylic acids is 2. The number of benzene rings is 2. The van der Waals surface area contributed by atoms with Gasteiger partial charge in [-0.05, 0) is 37.3 Å². The normalized spacial score (nSPS) is 18.1. The molecule has 3 heterocycles. The lowest BCUT2D eigenvalue weighted by Gasteiger charge is -2.31.